The van der Waals surface area contributed by atoms with Crippen molar-refractivity contribution >= 4 is 5.69 Å². The predicted molar refractivity (Wildman–Crippen MR) is 60.6 cm³/mol. The van der Waals surface area contributed by atoms with E-state index in [0.717, 1.165) is 11.3 Å². The molecule has 3 nitrogen and oxygen atoms in total. The van der Waals surface area contributed by atoms with Crippen LogP contribution in [-0.4, -0.2) is 12.1 Å². The average Bonchev–Trinajstić information content (AvgIpc) is 2.30. The Labute approximate surface area is 88.5 Å². The number of rotatable bonds is 2. The molecule has 0 fully saturated rings. The Morgan fingerprint density at radius 3 is 2.60 bits per heavy atom. The standard InChI is InChI=1S/C12H12N2O/c1-15-11-7-10(13)8-14-12(11)9-5-3-2-4-6-9/h2-8H,13H2,1H3. The highest BCUT2D eigenvalue weighted by molar-refractivity contribution is 5.68. The van der Waals surface area contributed by atoms with E-state index in [-0.39, 0.29) is 0 Å². The number of hydrogen-bond donors (Lipinski definition) is 1. The van der Waals surface area contributed by atoms with E-state index in [2.05, 4.69) is 4.98 Å². The van der Waals surface area contributed by atoms with E-state index in [0.29, 0.717) is 11.4 Å². The lowest BCUT2D eigenvalue weighted by molar-refractivity contribution is 0.415. The molecule has 0 saturated carbocycles. The lowest BCUT2D eigenvalue weighted by atomic mass is 10.1. The number of nitrogens with zero attached hydrogens (tertiary/aromatic N) is 1. The van der Waals surface area contributed by atoms with Gasteiger partial charge in [0.05, 0.1) is 19.0 Å². The molecule has 1 aromatic carbocycles. The fourth-order valence-corrected chi connectivity index (χ4v) is 1.43. The van der Waals surface area contributed by atoms with E-state index < -0.39 is 0 Å². The lowest BCUT2D eigenvalue weighted by Crippen LogP contribution is -1.94. The normalized spacial score (nSPS) is 9.93. The summed E-state index contributed by atoms with van der Waals surface area (Å²) in [5.74, 6) is 0.696. The molecule has 1 heterocycles. The zero-order chi connectivity index (χ0) is 10.7. The van der Waals surface area contributed by atoms with Crippen molar-refractivity contribution in [3.05, 3.63) is 42.6 Å². The van der Waals surface area contributed by atoms with Crippen LogP contribution >= 0.6 is 0 Å². The number of benzene rings is 1. The van der Waals surface area contributed by atoms with E-state index in [1.807, 2.05) is 30.3 Å². The molecule has 1 aromatic heterocycles. The van der Waals surface area contributed by atoms with E-state index >= 15 is 0 Å². The summed E-state index contributed by atoms with van der Waals surface area (Å²) < 4.78 is 5.24. The summed E-state index contributed by atoms with van der Waals surface area (Å²) >= 11 is 0. The molecule has 2 aromatic rings. The van der Waals surface area contributed by atoms with Gasteiger partial charge < -0.3 is 10.5 Å². The first-order chi connectivity index (χ1) is 7.31. The summed E-state index contributed by atoms with van der Waals surface area (Å²) in [6, 6.07) is 11.6. The minimum atomic E-state index is 0.603. The van der Waals surface area contributed by atoms with Gasteiger partial charge in [0, 0.05) is 11.6 Å². The summed E-state index contributed by atoms with van der Waals surface area (Å²) in [6.07, 6.45) is 1.63. The third-order valence-corrected chi connectivity index (χ3v) is 2.14. The Hall–Kier alpha value is -2.03. The fourth-order valence-electron chi connectivity index (χ4n) is 1.43. The van der Waals surface area contributed by atoms with Gasteiger partial charge in [-0.1, -0.05) is 30.3 Å². The van der Waals surface area contributed by atoms with Gasteiger partial charge in [0.1, 0.15) is 11.4 Å². The molecular formula is C12H12N2O. The van der Waals surface area contributed by atoms with Crippen LogP contribution in [0.15, 0.2) is 42.6 Å². The zero-order valence-corrected chi connectivity index (χ0v) is 8.47. The molecule has 0 unspecified atom stereocenters. The molecule has 0 radical (unpaired) electrons. The van der Waals surface area contributed by atoms with Crippen molar-refractivity contribution < 1.29 is 4.74 Å². The van der Waals surface area contributed by atoms with E-state index in [1.165, 1.54) is 0 Å². The van der Waals surface area contributed by atoms with Crippen molar-refractivity contribution in [1.29, 1.82) is 0 Å². The summed E-state index contributed by atoms with van der Waals surface area (Å²) in [4.78, 5) is 4.27. The number of methoxy groups -OCH3 is 1. The number of nitrogen functional groups attached to an aromatic ring is 1. The quantitative estimate of drug-likeness (QED) is 0.809. The van der Waals surface area contributed by atoms with Gasteiger partial charge >= 0.3 is 0 Å². The molecular weight excluding hydrogens is 188 g/mol. The average molecular weight is 200 g/mol. The van der Waals surface area contributed by atoms with Gasteiger partial charge in [-0.25, -0.2) is 0 Å². The van der Waals surface area contributed by atoms with Gasteiger partial charge in [-0.3, -0.25) is 4.98 Å². The maximum atomic E-state index is 5.64. The smallest absolute Gasteiger partial charge is 0.147 e. The van der Waals surface area contributed by atoms with Crippen LogP contribution in [-0.2, 0) is 0 Å². The number of nitrogens with two attached hydrogens (primary N) is 1. The topological polar surface area (TPSA) is 48.1 Å². The molecule has 2 N–H and O–H groups in total. The van der Waals surface area contributed by atoms with Crippen molar-refractivity contribution in [1.82, 2.24) is 4.98 Å². The zero-order valence-electron chi connectivity index (χ0n) is 8.47. The maximum Gasteiger partial charge on any atom is 0.147 e. The van der Waals surface area contributed by atoms with Crippen molar-refractivity contribution in [2.75, 3.05) is 12.8 Å². The third-order valence-electron chi connectivity index (χ3n) is 2.14. The molecule has 0 bridgehead atoms. The predicted octanol–water partition coefficient (Wildman–Crippen LogP) is 2.34. The van der Waals surface area contributed by atoms with Gasteiger partial charge in [-0.2, -0.15) is 0 Å². The minimum Gasteiger partial charge on any atom is -0.494 e. The van der Waals surface area contributed by atoms with Crippen LogP contribution in [0.1, 0.15) is 0 Å². The van der Waals surface area contributed by atoms with Gasteiger partial charge in [0.2, 0.25) is 0 Å². The summed E-state index contributed by atoms with van der Waals surface area (Å²) in [6.45, 7) is 0. The van der Waals surface area contributed by atoms with Gasteiger partial charge in [-0.05, 0) is 0 Å². The second-order valence-corrected chi connectivity index (χ2v) is 3.19. The van der Waals surface area contributed by atoms with Crippen molar-refractivity contribution in [2.45, 2.75) is 0 Å². The largest absolute Gasteiger partial charge is 0.494 e. The Morgan fingerprint density at radius 2 is 1.93 bits per heavy atom. The molecule has 0 amide bonds. The Balaban J connectivity index is 2.53. The Morgan fingerprint density at radius 1 is 1.20 bits per heavy atom. The summed E-state index contributed by atoms with van der Waals surface area (Å²) in [5, 5.41) is 0. The van der Waals surface area contributed by atoms with Crippen LogP contribution in [0.2, 0.25) is 0 Å². The van der Waals surface area contributed by atoms with Crippen LogP contribution in [0.4, 0.5) is 5.69 Å². The second-order valence-electron chi connectivity index (χ2n) is 3.19. The van der Waals surface area contributed by atoms with Crippen LogP contribution in [0.3, 0.4) is 0 Å². The van der Waals surface area contributed by atoms with Gasteiger partial charge in [0.15, 0.2) is 0 Å². The summed E-state index contributed by atoms with van der Waals surface area (Å²) in [7, 11) is 1.61. The first-order valence-corrected chi connectivity index (χ1v) is 4.66. The monoisotopic (exact) mass is 200 g/mol. The van der Waals surface area contributed by atoms with Crippen LogP contribution in [0.25, 0.3) is 11.3 Å². The SMILES string of the molecule is COc1cc(N)cnc1-c1ccccc1. The molecule has 0 aliphatic carbocycles. The lowest BCUT2D eigenvalue weighted by Gasteiger charge is -2.07. The molecule has 0 saturated heterocycles. The molecule has 0 aliphatic rings. The van der Waals surface area contributed by atoms with Crippen LogP contribution in [0.5, 0.6) is 5.75 Å². The number of anilines is 1. The minimum absolute atomic E-state index is 0.603. The van der Waals surface area contributed by atoms with E-state index in [9.17, 15) is 0 Å². The Bertz CT molecular complexity index is 454. The number of aromatic nitrogens is 1. The first-order valence-electron chi connectivity index (χ1n) is 4.66. The van der Waals surface area contributed by atoms with Gasteiger partial charge in [0.25, 0.3) is 0 Å². The molecule has 15 heavy (non-hydrogen) atoms. The molecule has 3 heteroatoms. The highest BCUT2D eigenvalue weighted by Crippen LogP contribution is 2.28. The Kier molecular flexibility index (Phi) is 2.54. The molecule has 2 rings (SSSR count). The van der Waals surface area contributed by atoms with Gasteiger partial charge in [-0.15, -0.1) is 0 Å². The second kappa shape index (κ2) is 4.00. The third kappa shape index (κ3) is 1.91. The van der Waals surface area contributed by atoms with Crippen LogP contribution < -0.4 is 10.5 Å². The highest BCUT2D eigenvalue weighted by Gasteiger charge is 2.06. The van der Waals surface area contributed by atoms with Crippen molar-refractivity contribution in [3.8, 4) is 17.0 Å². The number of pyridine rings is 1. The van der Waals surface area contributed by atoms with Crippen LogP contribution in [0, 0.1) is 0 Å². The highest BCUT2D eigenvalue weighted by atomic mass is 16.5. The molecule has 0 aliphatic heterocycles. The summed E-state index contributed by atoms with van der Waals surface area (Å²) in [5.41, 5.74) is 8.08. The number of hydrogen-bond acceptors (Lipinski definition) is 3. The van der Waals surface area contributed by atoms with Crippen molar-refractivity contribution in [3.63, 3.8) is 0 Å². The number of ether oxygens (including phenoxy) is 1. The molecule has 0 spiro atoms. The molecule has 0 atom stereocenters. The fraction of sp³-hybridized carbons (Fsp3) is 0.0833. The molecule has 76 valence electrons. The van der Waals surface area contributed by atoms with E-state index in [1.54, 1.807) is 19.4 Å². The maximum absolute atomic E-state index is 5.64. The van der Waals surface area contributed by atoms with E-state index in [4.69, 9.17) is 10.5 Å². The first kappa shape index (κ1) is 9.52. The van der Waals surface area contributed by atoms with Crippen molar-refractivity contribution in [2.24, 2.45) is 0 Å².